The van der Waals surface area contributed by atoms with Crippen LogP contribution in [0.5, 0.6) is 0 Å². The van der Waals surface area contributed by atoms with Crippen LogP contribution < -0.4 is 0 Å². The van der Waals surface area contributed by atoms with Crippen LogP contribution in [0.15, 0.2) is 0 Å². The third-order valence-electron chi connectivity index (χ3n) is 2.89. The second kappa shape index (κ2) is 9.64. The minimum absolute atomic E-state index is 0.275. The number of hydrogen-bond donors (Lipinski definition) is 1. The zero-order chi connectivity index (χ0) is 12.4. The molecule has 0 saturated carbocycles. The topological polar surface area (TPSA) is 40.5 Å². The third kappa shape index (κ3) is 6.11. The fourth-order valence-electron chi connectivity index (χ4n) is 1.88. The lowest BCUT2D eigenvalue weighted by molar-refractivity contribution is -0.143. The zero-order valence-corrected chi connectivity index (χ0v) is 11.0. The molecular weight excluding hydrogens is 202 g/mol. The van der Waals surface area contributed by atoms with Crippen molar-refractivity contribution in [1.82, 2.24) is 4.90 Å². The summed E-state index contributed by atoms with van der Waals surface area (Å²) in [6, 6.07) is -0.275. The summed E-state index contributed by atoms with van der Waals surface area (Å²) < 4.78 is 0. The van der Waals surface area contributed by atoms with Gasteiger partial charge in [0.1, 0.15) is 6.04 Å². The van der Waals surface area contributed by atoms with Gasteiger partial charge in [-0.05, 0) is 32.4 Å². The van der Waals surface area contributed by atoms with Gasteiger partial charge in [0, 0.05) is 0 Å². The van der Waals surface area contributed by atoms with Crippen molar-refractivity contribution >= 4 is 5.97 Å². The number of carboxylic acids is 1. The number of unbranched alkanes of at least 4 members (excludes halogenated alkanes) is 2. The maximum Gasteiger partial charge on any atom is 0.320 e. The lowest BCUT2D eigenvalue weighted by Crippen LogP contribution is -2.42. The first-order chi connectivity index (χ1) is 7.67. The van der Waals surface area contributed by atoms with E-state index in [1.807, 2.05) is 6.92 Å². The summed E-state index contributed by atoms with van der Waals surface area (Å²) in [6.45, 7) is 8.19. The standard InChI is InChI=1S/C13H27NO2/c1-4-7-10-14(11-8-5-2)12(9-6-3)13(15)16/h12H,4-11H2,1-3H3,(H,15,16). The zero-order valence-electron chi connectivity index (χ0n) is 11.0. The quantitative estimate of drug-likeness (QED) is 0.625. The van der Waals surface area contributed by atoms with Crippen molar-refractivity contribution in [1.29, 1.82) is 0 Å². The Bertz CT molecular complexity index is 175. The fourth-order valence-corrected chi connectivity index (χ4v) is 1.88. The molecule has 0 amide bonds. The van der Waals surface area contributed by atoms with Crippen molar-refractivity contribution in [2.75, 3.05) is 13.1 Å². The van der Waals surface area contributed by atoms with Crippen LogP contribution in [0.2, 0.25) is 0 Å². The van der Waals surface area contributed by atoms with Gasteiger partial charge in [-0.1, -0.05) is 40.0 Å². The van der Waals surface area contributed by atoms with Gasteiger partial charge in [-0.25, -0.2) is 0 Å². The maximum atomic E-state index is 11.2. The smallest absolute Gasteiger partial charge is 0.320 e. The van der Waals surface area contributed by atoms with E-state index in [0.29, 0.717) is 0 Å². The third-order valence-corrected chi connectivity index (χ3v) is 2.89. The first kappa shape index (κ1) is 15.4. The second-order valence-corrected chi connectivity index (χ2v) is 4.39. The van der Waals surface area contributed by atoms with E-state index in [2.05, 4.69) is 18.7 Å². The Morgan fingerprint density at radius 2 is 1.56 bits per heavy atom. The van der Waals surface area contributed by atoms with Crippen molar-refractivity contribution in [2.24, 2.45) is 0 Å². The second-order valence-electron chi connectivity index (χ2n) is 4.39. The Morgan fingerprint density at radius 1 is 1.06 bits per heavy atom. The molecule has 0 spiro atoms. The lowest BCUT2D eigenvalue weighted by atomic mass is 10.1. The molecule has 0 aliphatic rings. The summed E-state index contributed by atoms with van der Waals surface area (Å²) in [7, 11) is 0. The molecule has 0 radical (unpaired) electrons. The molecule has 0 aliphatic heterocycles. The molecule has 0 bridgehead atoms. The van der Waals surface area contributed by atoms with Gasteiger partial charge >= 0.3 is 5.97 Å². The number of hydrogen-bond acceptors (Lipinski definition) is 2. The highest BCUT2D eigenvalue weighted by Crippen LogP contribution is 2.10. The van der Waals surface area contributed by atoms with Crippen LogP contribution in [0.1, 0.15) is 59.3 Å². The number of rotatable bonds is 10. The minimum atomic E-state index is -0.658. The van der Waals surface area contributed by atoms with Crippen molar-refractivity contribution in [3.63, 3.8) is 0 Å². The lowest BCUT2D eigenvalue weighted by Gasteiger charge is -2.28. The van der Waals surface area contributed by atoms with Crippen LogP contribution in [0.3, 0.4) is 0 Å². The number of carboxylic acid groups (broad SMARTS) is 1. The highest BCUT2D eigenvalue weighted by molar-refractivity contribution is 5.73. The Morgan fingerprint density at radius 3 is 1.88 bits per heavy atom. The fraction of sp³-hybridized carbons (Fsp3) is 0.923. The molecule has 0 heterocycles. The largest absolute Gasteiger partial charge is 0.480 e. The minimum Gasteiger partial charge on any atom is -0.480 e. The average molecular weight is 229 g/mol. The highest BCUT2D eigenvalue weighted by Gasteiger charge is 2.23. The SMILES string of the molecule is CCCCN(CCCC)C(CCC)C(=O)O. The van der Waals surface area contributed by atoms with Gasteiger partial charge in [0.15, 0.2) is 0 Å². The van der Waals surface area contributed by atoms with E-state index >= 15 is 0 Å². The van der Waals surface area contributed by atoms with E-state index in [4.69, 9.17) is 0 Å². The van der Waals surface area contributed by atoms with E-state index in [9.17, 15) is 9.90 Å². The molecule has 0 saturated heterocycles. The van der Waals surface area contributed by atoms with Gasteiger partial charge in [-0.15, -0.1) is 0 Å². The summed E-state index contributed by atoms with van der Waals surface area (Å²) in [5, 5.41) is 9.23. The first-order valence-corrected chi connectivity index (χ1v) is 6.64. The van der Waals surface area contributed by atoms with Gasteiger partial charge < -0.3 is 5.11 Å². The van der Waals surface area contributed by atoms with E-state index in [1.54, 1.807) is 0 Å². The Labute approximate surface area is 99.8 Å². The predicted octanol–water partition coefficient (Wildman–Crippen LogP) is 3.14. The normalized spacial score (nSPS) is 13.0. The van der Waals surface area contributed by atoms with Gasteiger partial charge in [0.05, 0.1) is 0 Å². The summed E-state index contributed by atoms with van der Waals surface area (Å²) in [6.07, 6.45) is 6.14. The van der Waals surface area contributed by atoms with Gasteiger partial charge in [-0.3, -0.25) is 9.69 Å². The summed E-state index contributed by atoms with van der Waals surface area (Å²) in [5.41, 5.74) is 0. The molecule has 0 aromatic rings. The summed E-state index contributed by atoms with van der Waals surface area (Å²) >= 11 is 0. The summed E-state index contributed by atoms with van der Waals surface area (Å²) in [5.74, 6) is -0.658. The van der Waals surface area contributed by atoms with Crippen LogP contribution in [0.25, 0.3) is 0 Å². The molecule has 1 atom stereocenters. The Kier molecular flexibility index (Phi) is 9.30. The maximum absolute atomic E-state index is 11.2. The molecule has 3 heteroatoms. The van der Waals surface area contributed by atoms with E-state index < -0.39 is 5.97 Å². The molecule has 0 rings (SSSR count). The monoisotopic (exact) mass is 229 g/mol. The van der Waals surface area contributed by atoms with Gasteiger partial charge in [-0.2, -0.15) is 0 Å². The first-order valence-electron chi connectivity index (χ1n) is 6.64. The van der Waals surface area contributed by atoms with Crippen molar-refractivity contribution in [3.05, 3.63) is 0 Å². The Balaban J connectivity index is 4.33. The van der Waals surface area contributed by atoms with E-state index in [-0.39, 0.29) is 6.04 Å². The van der Waals surface area contributed by atoms with Gasteiger partial charge in [0.25, 0.3) is 0 Å². The molecule has 1 N–H and O–H groups in total. The molecule has 96 valence electrons. The molecule has 16 heavy (non-hydrogen) atoms. The van der Waals surface area contributed by atoms with Crippen LogP contribution >= 0.6 is 0 Å². The van der Waals surface area contributed by atoms with Crippen LogP contribution in [-0.2, 0) is 4.79 Å². The molecule has 0 fully saturated rings. The molecular formula is C13H27NO2. The average Bonchev–Trinajstić information content (AvgIpc) is 2.26. The van der Waals surface area contributed by atoms with E-state index in [0.717, 1.165) is 51.6 Å². The molecule has 3 nitrogen and oxygen atoms in total. The molecule has 0 aromatic carbocycles. The summed E-state index contributed by atoms with van der Waals surface area (Å²) in [4.78, 5) is 13.4. The number of aliphatic carboxylic acids is 1. The van der Waals surface area contributed by atoms with Crippen LogP contribution in [0.4, 0.5) is 0 Å². The Hall–Kier alpha value is -0.570. The molecule has 0 aliphatic carbocycles. The van der Waals surface area contributed by atoms with Crippen LogP contribution in [0, 0.1) is 0 Å². The van der Waals surface area contributed by atoms with Crippen molar-refractivity contribution < 1.29 is 9.90 Å². The van der Waals surface area contributed by atoms with E-state index in [1.165, 1.54) is 0 Å². The van der Waals surface area contributed by atoms with Crippen molar-refractivity contribution in [2.45, 2.75) is 65.3 Å². The molecule has 0 aromatic heterocycles. The van der Waals surface area contributed by atoms with Crippen LogP contribution in [-0.4, -0.2) is 35.1 Å². The van der Waals surface area contributed by atoms with Gasteiger partial charge in [0.2, 0.25) is 0 Å². The number of carbonyl (C=O) groups is 1. The predicted molar refractivity (Wildman–Crippen MR) is 67.7 cm³/mol. The molecule has 1 unspecified atom stereocenters. The number of nitrogens with zero attached hydrogens (tertiary/aromatic N) is 1. The highest BCUT2D eigenvalue weighted by atomic mass is 16.4. The van der Waals surface area contributed by atoms with Crippen molar-refractivity contribution in [3.8, 4) is 0 Å².